The Morgan fingerprint density at radius 3 is 1.74 bits per heavy atom. The molecule has 0 aromatic heterocycles. The lowest BCUT2D eigenvalue weighted by Gasteiger charge is -2.26. The quantitative estimate of drug-likeness (QED) is 0.242. The van der Waals surface area contributed by atoms with Gasteiger partial charge in [0.1, 0.15) is 34.5 Å². The number of hydrogen-bond donors (Lipinski definition) is 4. The van der Waals surface area contributed by atoms with Crippen LogP contribution in [0.2, 0.25) is 0 Å². The highest BCUT2D eigenvalue weighted by atomic mass is 16.5. The van der Waals surface area contributed by atoms with Crippen molar-refractivity contribution in [2.45, 2.75) is 13.8 Å². The maximum atomic E-state index is 13.9. The van der Waals surface area contributed by atoms with Crippen molar-refractivity contribution >= 4 is 23.1 Å². The highest BCUT2D eigenvalue weighted by Gasteiger charge is 2.41. The van der Waals surface area contributed by atoms with Crippen LogP contribution in [0.25, 0.3) is 11.1 Å². The molecule has 0 spiro atoms. The zero-order chi connectivity index (χ0) is 30.4. The lowest BCUT2D eigenvalue weighted by molar-refractivity contribution is 0.0975. The summed E-state index contributed by atoms with van der Waals surface area (Å²) in [4.78, 5) is 54.7. The second kappa shape index (κ2) is 8.93. The summed E-state index contributed by atoms with van der Waals surface area (Å²) in [6, 6.07) is 7.52. The van der Waals surface area contributed by atoms with E-state index in [1.165, 1.54) is 51.5 Å². The SMILES string of the molecule is COc1cc(O)c2c(c1)C(=O)c1cc(C)c(O)c(-c3c(OC)cc4c(c3O)C(=O)c3cc(O)c(C)cc3C4=O)c1C2=O. The Hall–Kier alpha value is -5.64. The number of methoxy groups -OCH3 is 2. The number of benzene rings is 4. The van der Waals surface area contributed by atoms with Gasteiger partial charge in [0.25, 0.3) is 0 Å². The largest absolute Gasteiger partial charge is 0.508 e. The van der Waals surface area contributed by atoms with Crippen LogP contribution in [-0.2, 0) is 0 Å². The minimum absolute atomic E-state index is 0.0241. The number of hydrogen-bond acceptors (Lipinski definition) is 10. The third-order valence-electron chi connectivity index (χ3n) is 7.79. The topological polar surface area (TPSA) is 168 Å². The lowest BCUT2D eigenvalue weighted by Crippen LogP contribution is -2.24. The molecule has 210 valence electrons. The van der Waals surface area contributed by atoms with E-state index in [0.29, 0.717) is 5.56 Å². The zero-order valence-corrected chi connectivity index (χ0v) is 22.7. The molecule has 0 saturated carbocycles. The van der Waals surface area contributed by atoms with Gasteiger partial charge in [0.05, 0.1) is 30.9 Å². The minimum atomic E-state index is -0.836. The van der Waals surface area contributed by atoms with Crippen LogP contribution in [0.3, 0.4) is 0 Å². The van der Waals surface area contributed by atoms with Crippen LogP contribution >= 0.6 is 0 Å². The summed E-state index contributed by atoms with van der Waals surface area (Å²) in [6.45, 7) is 3.05. The van der Waals surface area contributed by atoms with E-state index in [1.807, 2.05) is 0 Å². The standard InChI is InChI=1S/C32H22O10/c1-11-5-14-15(9-19(11)33)30(38)24-18(28(14)36)10-21(42-4)25(32(24)40)26-23-16(6-12(2)27(26)35)29(37)17-7-13(41-3)8-20(34)22(17)31(23)39/h5-10,33-35,40H,1-4H3. The Bertz CT molecular complexity index is 1980. The number of rotatable bonds is 3. The van der Waals surface area contributed by atoms with Gasteiger partial charge in [-0.3, -0.25) is 19.2 Å². The lowest BCUT2D eigenvalue weighted by atomic mass is 9.76. The predicted molar refractivity (Wildman–Crippen MR) is 148 cm³/mol. The van der Waals surface area contributed by atoms with Gasteiger partial charge >= 0.3 is 0 Å². The fraction of sp³-hybridized carbons (Fsp3) is 0.125. The van der Waals surface area contributed by atoms with Crippen molar-refractivity contribution in [3.8, 4) is 45.6 Å². The number of aromatic hydroxyl groups is 4. The van der Waals surface area contributed by atoms with Crippen LogP contribution < -0.4 is 9.47 Å². The zero-order valence-electron chi connectivity index (χ0n) is 22.7. The van der Waals surface area contributed by atoms with Crippen molar-refractivity contribution in [3.05, 3.63) is 92.0 Å². The Morgan fingerprint density at radius 2 is 1.07 bits per heavy atom. The second-order valence-corrected chi connectivity index (χ2v) is 10.1. The van der Waals surface area contributed by atoms with Gasteiger partial charge < -0.3 is 29.9 Å². The molecule has 4 N–H and O–H groups in total. The molecule has 10 nitrogen and oxygen atoms in total. The first-order valence-electron chi connectivity index (χ1n) is 12.6. The number of phenols is 4. The first kappa shape index (κ1) is 26.6. The molecule has 0 saturated heterocycles. The van der Waals surface area contributed by atoms with Crippen LogP contribution in [0.4, 0.5) is 0 Å². The number of carbonyl (C=O) groups excluding carboxylic acids is 4. The second-order valence-electron chi connectivity index (χ2n) is 10.1. The van der Waals surface area contributed by atoms with E-state index in [-0.39, 0.29) is 72.9 Å². The average molecular weight is 567 g/mol. The van der Waals surface area contributed by atoms with Gasteiger partial charge in [0.2, 0.25) is 0 Å². The van der Waals surface area contributed by atoms with Crippen molar-refractivity contribution in [3.63, 3.8) is 0 Å². The van der Waals surface area contributed by atoms with E-state index in [0.717, 1.165) is 6.07 Å². The highest BCUT2D eigenvalue weighted by Crippen LogP contribution is 2.52. The molecule has 0 radical (unpaired) electrons. The van der Waals surface area contributed by atoms with E-state index in [1.54, 1.807) is 6.92 Å². The molecule has 4 aromatic rings. The molecule has 0 unspecified atom stereocenters. The molecule has 2 aliphatic rings. The van der Waals surface area contributed by atoms with Crippen molar-refractivity contribution < 1.29 is 49.1 Å². The normalized spacial score (nSPS) is 13.3. The third kappa shape index (κ3) is 3.38. The number of aryl methyl sites for hydroxylation is 2. The van der Waals surface area contributed by atoms with E-state index in [2.05, 4.69) is 0 Å². The van der Waals surface area contributed by atoms with Gasteiger partial charge in [-0.15, -0.1) is 0 Å². The average Bonchev–Trinajstić information content (AvgIpc) is 2.96. The molecular weight excluding hydrogens is 544 g/mol. The summed E-state index contributed by atoms with van der Waals surface area (Å²) in [5.41, 5.74) is -1.75. The van der Waals surface area contributed by atoms with Gasteiger partial charge in [0.15, 0.2) is 23.1 Å². The van der Waals surface area contributed by atoms with Crippen molar-refractivity contribution in [2.75, 3.05) is 14.2 Å². The molecule has 0 amide bonds. The smallest absolute Gasteiger partial charge is 0.199 e. The summed E-state index contributed by atoms with van der Waals surface area (Å²) in [7, 11) is 2.57. The molecular formula is C32H22O10. The Kier molecular flexibility index (Phi) is 5.65. The molecule has 0 atom stereocenters. The Balaban J connectivity index is 1.69. The molecule has 6 rings (SSSR count). The molecule has 4 aromatic carbocycles. The van der Waals surface area contributed by atoms with Crippen molar-refractivity contribution in [1.82, 2.24) is 0 Å². The van der Waals surface area contributed by atoms with E-state index >= 15 is 0 Å². The maximum Gasteiger partial charge on any atom is 0.199 e. The summed E-state index contributed by atoms with van der Waals surface area (Å²) in [6.07, 6.45) is 0. The highest BCUT2D eigenvalue weighted by molar-refractivity contribution is 6.33. The number of carbonyl (C=O) groups is 4. The van der Waals surface area contributed by atoms with E-state index in [4.69, 9.17) is 9.47 Å². The summed E-state index contributed by atoms with van der Waals surface area (Å²) in [5, 5.41) is 43.9. The van der Waals surface area contributed by atoms with Crippen molar-refractivity contribution in [2.24, 2.45) is 0 Å². The van der Waals surface area contributed by atoms with Gasteiger partial charge in [-0.1, -0.05) is 0 Å². The number of phenolic OH excluding ortho intramolecular Hbond substituents is 4. The van der Waals surface area contributed by atoms with Gasteiger partial charge in [-0.05, 0) is 55.3 Å². The number of ketones is 4. The van der Waals surface area contributed by atoms with Gasteiger partial charge in [-0.25, -0.2) is 0 Å². The van der Waals surface area contributed by atoms with Crippen molar-refractivity contribution in [1.29, 1.82) is 0 Å². The van der Waals surface area contributed by atoms with Gasteiger partial charge in [0, 0.05) is 45.0 Å². The third-order valence-corrected chi connectivity index (χ3v) is 7.79. The van der Waals surface area contributed by atoms with Crippen LogP contribution in [0.15, 0.2) is 36.4 Å². The van der Waals surface area contributed by atoms with E-state index in [9.17, 15) is 39.6 Å². The van der Waals surface area contributed by atoms with Crippen LogP contribution in [-0.4, -0.2) is 57.8 Å². The maximum absolute atomic E-state index is 13.9. The molecule has 10 heteroatoms. The molecule has 2 aliphatic carbocycles. The summed E-state index contributed by atoms with van der Waals surface area (Å²) < 4.78 is 10.6. The predicted octanol–water partition coefficient (Wildman–Crippen LogP) is 4.36. The Labute approximate surface area is 238 Å². The first-order valence-corrected chi connectivity index (χ1v) is 12.6. The fourth-order valence-corrected chi connectivity index (χ4v) is 5.68. The minimum Gasteiger partial charge on any atom is -0.508 e. The van der Waals surface area contributed by atoms with Crippen LogP contribution in [0.1, 0.15) is 74.8 Å². The summed E-state index contributed by atoms with van der Waals surface area (Å²) in [5.74, 6) is -4.94. The van der Waals surface area contributed by atoms with Gasteiger partial charge in [-0.2, -0.15) is 0 Å². The Morgan fingerprint density at radius 1 is 0.476 bits per heavy atom. The molecule has 42 heavy (non-hydrogen) atoms. The molecule has 0 aliphatic heterocycles. The molecule has 0 bridgehead atoms. The van der Waals surface area contributed by atoms with Crippen LogP contribution in [0, 0.1) is 13.8 Å². The number of ether oxygens (including phenoxy) is 2. The van der Waals surface area contributed by atoms with Crippen LogP contribution in [0.5, 0.6) is 34.5 Å². The fourth-order valence-electron chi connectivity index (χ4n) is 5.68. The molecule has 0 fully saturated rings. The van der Waals surface area contributed by atoms with E-state index < -0.39 is 45.9 Å². The monoisotopic (exact) mass is 566 g/mol. The first-order chi connectivity index (χ1) is 19.9. The molecule has 0 heterocycles. The summed E-state index contributed by atoms with van der Waals surface area (Å²) >= 11 is 0. The number of fused-ring (bicyclic) bond motifs is 4.